The van der Waals surface area contributed by atoms with Crippen LogP contribution in [-0.4, -0.2) is 18.6 Å². The van der Waals surface area contributed by atoms with E-state index in [0.29, 0.717) is 5.56 Å². The van der Waals surface area contributed by atoms with Gasteiger partial charge in [-0.25, -0.2) is 10.2 Å². The molecule has 16 heavy (non-hydrogen) atoms. The average molecular weight is 222 g/mol. The highest BCUT2D eigenvalue weighted by molar-refractivity contribution is 5.96. The van der Waals surface area contributed by atoms with Gasteiger partial charge in [0.25, 0.3) is 5.91 Å². The Morgan fingerprint density at radius 1 is 1.25 bits per heavy atom. The van der Waals surface area contributed by atoms with Gasteiger partial charge >= 0.3 is 6.09 Å². The lowest BCUT2D eigenvalue weighted by Gasteiger charge is -2.08. The second kappa shape index (κ2) is 5.75. The van der Waals surface area contributed by atoms with E-state index in [1.165, 1.54) is 0 Å². The van der Waals surface area contributed by atoms with Crippen molar-refractivity contribution in [2.45, 2.75) is 13.8 Å². The van der Waals surface area contributed by atoms with Gasteiger partial charge in [-0.1, -0.05) is 18.2 Å². The van der Waals surface area contributed by atoms with Gasteiger partial charge in [0.1, 0.15) is 0 Å². The SMILES string of the molecule is CCOC(=O)NNC(=O)c1ccccc1C. The van der Waals surface area contributed by atoms with Crippen LogP contribution in [0.4, 0.5) is 4.79 Å². The number of amides is 2. The molecule has 0 saturated carbocycles. The first-order valence-corrected chi connectivity index (χ1v) is 4.94. The van der Waals surface area contributed by atoms with E-state index in [1.54, 1.807) is 19.1 Å². The molecule has 0 aliphatic rings. The van der Waals surface area contributed by atoms with Gasteiger partial charge in [-0.3, -0.25) is 10.2 Å². The third-order valence-corrected chi connectivity index (χ3v) is 1.94. The van der Waals surface area contributed by atoms with Gasteiger partial charge in [-0.05, 0) is 25.5 Å². The monoisotopic (exact) mass is 222 g/mol. The maximum atomic E-state index is 11.6. The number of nitrogens with one attached hydrogen (secondary N) is 2. The van der Waals surface area contributed by atoms with Crippen LogP contribution in [-0.2, 0) is 4.74 Å². The number of hydrogen-bond acceptors (Lipinski definition) is 3. The molecule has 0 bridgehead atoms. The second-order valence-electron chi connectivity index (χ2n) is 3.11. The fourth-order valence-corrected chi connectivity index (χ4v) is 1.17. The summed E-state index contributed by atoms with van der Waals surface area (Å²) in [5.41, 5.74) is 5.76. The smallest absolute Gasteiger partial charge is 0.426 e. The second-order valence-corrected chi connectivity index (χ2v) is 3.11. The van der Waals surface area contributed by atoms with E-state index in [0.717, 1.165) is 5.56 Å². The van der Waals surface area contributed by atoms with Crippen molar-refractivity contribution in [3.05, 3.63) is 35.4 Å². The lowest BCUT2D eigenvalue weighted by atomic mass is 10.1. The summed E-state index contributed by atoms with van der Waals surface area (Å²) in [6.45, 7) is 3.76. The molecule has 86 valence electrons. The molecule has 0 aliphatic heterocycles. The van der Waals surface area contributed by atoms with Gasteiger partial charge in [-0.15, -0.1) is 0 Å². The summed E-state index contributed by atoms with van der Waals surface area (Å²) in [5, 5.41) is 0. The maximum absolute atomic E-state index is 11.6. The topological polar surface area (TPSA) is 67.4 Å². The summed E-state index contributed by atoms with van der Waals surface area (Å²) in [7, 11) is 0. The fourth-order valence-electron chi connectivity index (χ4n) is 1.17. The van der Waals surface area contributed by atoms with Crippen LogP contribution in [0.3, 0.4) is 0 Å². The van der Waals surface area contributed by atoms with Crippen LogP contribution in [0, 0.1) is 6.92 Å². The predicted octanol–water partition coefficient (Wildman–Crippen LogP) is 1.39. The van der Waals surface area contributed by atoms with E-state index in [4.69, 9.17) is 0 Å². The molecule has 2 N–H and O–H groups in total. The quantitative estimate of drug-likeness (QED) is 0.743. The van der Waals surface area contributed by atoms with Gasteiger partial charge in [0.2, 0.25) is 0 Å². The first kappa shape index (κ1) is 12.0. The van der Waals surface area contributed by atoms with Gasteiger partial charge in [0, 0.05) is 5.56 Å². The maximum Gasteiger partial charge on any atom is 0.426 e. The molecule has 0 saturated heterocycles. The van der Waals surface area contributed by atoms with Crippen molar-refractivity contribution >= 4 is 12.0 Å². The van der Waals surface area contributed by atoms with Crippen LogP contribution >= 0.6 is 0 Å². The van der Waals surface area contributed by atoms with Crippen LogP contribution in [0.5, 0.6) is 0 Å². The number of carbonyl (C=O) groups is 2. The van der Waals surface area contributed by atoms with Gasteiger partial charge in [0.05, 0.1) is 6.61 Å². The highest BCUT2D eigenvalue weighted by Crippen LogP contribution is 2.05. The first-order chi connectivity index (χ1) is 7.65. The number of benzene rings is 1. The Hall–Kier alpha value is -2.04. The van der Waals surface area contributed by atoms with Gasteiger partial charge < -0.3 is 4.74 Å². The van der Waals surface area contributed by atoms with Crippen molar-refractivity contribution in [3.63, 3.8) is 0 Å². The van der Waals surface area contributed by atoms with Crippen LogP contribution in [0.25, 0.3) is 0 Å². The normalized spacial score (nSPS) is 9.38. The Morgan fingerprint density at radius 2 is 1.94 bits per heavy atom. The molecule has 1 rings (SSSR count). The zero-order valence-corrected chi connectivity index (χ0v) is 9.24. The minimum Gasteiger partial charge on any atom is -0.449 e. The van der Waals surface area contributed by atoms with E-state index < -0.39 is 6.09 Å². The van der Waals surface area contributed by atoms with E-state index in [1.807, 2.05) is 19.1 Å². The van der Waals surface area contributed by atoms with E-state index in [-0.39, 0.29) is 12.5 Å². The average Bonchev–Trinajstić information content (AvgIpc) is 2.27. The van der Waals surface area contributed by atoms with Crippen LogP contribution in [0.2, 0.25) is 0 Å². The molecular formula is C11H14N2O3. The highest BCUT2D eigenvalue weighted by atomic mass is 16.5. The lowest BCUT2D eigenvalue weighted by molar-refractivity contribution is 0.0912. The molecule has 0 aromatic heterocycles. The van der Waals surface area contributed by atoms with Crippen LogP contribution in [0.15, 0.2) is 24.3 Å². The summed E-state index contributed by atoms with van der Waals surface area (Å²) in [6, 6.07) is 7.09. The number of hydrazine groups is 1. The number of rotatable bonds is 2. The summed E-state index contributed by atoms with van der Waals surface area (Å²) in [5.74, 6) is -0.369. The standard InChI is InChI=1S/C11H14N2O3/c1-3-16-11(15)13-12-10(14)9-7-5-4-6-8(9)2/h4-7H,3H2,1-2H3,(H,12,14)(H,13,15). The molecule has 0 unspecified atom stereocenters. The van der Waals surface area contributed by atoms with Gasteiger partial charge in [0.15, 0.2) is 0 Å². The minimum atomic E-state index is -0.676. The fraction of sp³-hybridized carbons (Fsp3) is 0.273. The summed E-state index contributed by atoms with van der Waals surface area (Å²) >= 11 is 0. The van der Waals surface area contributed by atoms with Crippen molar-refractivity contribution < 1.29 is 14.3 Å². The molecule has 5 nitrogen and oxygen atoms in total. The van der Waals surface area contributed by atoms with Crippen molar-refractivity contribution in [2.24, 2.45) is 0 Å². The van der Waals surface area contributed by atoms with Crippen LogP contribution in [0.1, 0.15) is 22.8 Å². The number of aryl methyl sites for hydroxylation is 1. The van der Waals surface area contributed by atoms with Crippen LogP contribution < -0.4 is 10.9 Å². The first-order valence-electron chi connectivity index (χ1n) is 4.94. The van der Waals surface area contributed by atoms with Crippen molar-refractivity contribution in [1.29, 1.82) is 0 Å². The molecule has 1 aromatic carbocycles. The van der Waals surface area contributed by atoms with E-state index >= 15 is 0 Å². The number of carbonyl (C=O) groups excluding carboxylic acids is 2. The summed E-state index contributed by atoms with van der Waals surface area (Å²) < 4.78 is 4.59. The summed E-state index contributed by atoms with van der Waals surface area (Å²) in [6.07, 6.45) is -0.676. The molecular weight excluding hydrogens is 208 g/mol. The Kier molecular flexibility index (Phi) is 4.32. The third kappa shape index (κ3) is 3.27. The largest absolute Gasteiger partial charge is 0.449 e. The molecule has 2 amide bonds. The highest BCUT2D eigenvalue weighted by Gasteiger charge is 2.08. The van der Waals surface area contributed by atoms with Crippen molar-refractivity contribution in [2.75, 3.05) is 6.61 Å². The van der Waals surface area contributed by atoms with E-state index in [2.05, 4.69) is 15.6 Å². The Bertz CT molecular complexity index is 391. The molecule has 5 heteroatoms. The Morgan fingerprint density at radius 3 is 2.56 bits per heavy atom. The minimum absolute atomic E-state index is 0.256. The molecule has 0 radical (unpaired) electrons. The number of ether oxygens (including phenoxy) is 1. The molecule has 0 heterocycles. The predicted molar refractivity (Wildman–Crippen MR) is 58.8 cm³/mol. The molecule has 0 fully saturated rings. The third-order valence-electron chi connectivity index (χ3n) is 1.94. The molecule has 0 atom stereocenters. The Labute approximate surface area is 93.8 Å². The van der Waals surface area contributed by atoms with Crippen molar-refractivity contribution in [3.8, 4) is 0 Å². The van der Waals surface area contributed by atoms with E-state index in [9.17, 15) is 9.59 Å². The molecule has 1 aromatic rings. The zero-order valence-electron chi connectivity index (χ0n) is 9.24. The Balaban J connectivity index is 2.54. The zero-order chi connectivity index (χ0) is 12.0. The van der Waals surface area contributed by atoms with Gasteiger partial charge in [-0.2, -0.15) is 0 Å². The summed E-state index contributed by atoms with van der Waals surface area (Å²) in [4.78, 5) is 22.5. The molecule has 0 spiro atoms. The number of hydrogen-bond donors (Lipinski definition) is 2. The molecule has 0 aliphatic carbocycles. The van der Waals surface area contributed by atoms with Crippen molar-refractivity contribution in [1.82, 2.24) is 10.9 Å². The lowest BCUT2D eigenvalue weighted by Crippen LogP contribution is -2.42.